The molecular weight excluding hydrogens is 344 g/mol. The summed E-state index contributed by atoms with van der Waals surface area (Å²) in [6, 6.07) is 0.962. The number of amides is 2. The molecule has 2 aliphatic heterocycles. The van der Waals surface area contributed by atoms with E-state index < -0.39 is 6.61 Å². The summed E-state index contributed by atoms with van der Waals surface area (Å²) in [6.07, 6.45) is 3.55. The predicted molar refractivity (Wildman–Crippen MR) is 78.4 cm³/mol. The van der Waals surface area contributed by atoms with E-state index in [1.54, 1.807) is 21.8 Å². The van der Waals surface area contributed by atoms with E-state index in [1.165, 1.54) is 0 Å². The molecule has 0 saturated carbocycles. The quantitative estimate of drug-likeness (QED) is 0.282. The Hall–Kier alpha value is -1.96. The summed E-state index contributed by atoms with van der Waals surface area (Å²) in [5, 5.41) is 25.6. The highest BCUT2D eigenvalue weighted by atomic mass is 32.2. The zero-order valence-corrected chi connectivity index (χ0v) is 13.1. The second kappa shape index (κ2) is 7.29. The lowest BCUT2D eigenvalue weighted by Crippen LogP contribution is -2.32. The standard InChI is InChI=1S/C12H14N4O7S/c17-7-11(18)3-8-1-2-15(13-8)9-4-10-6-14(5-9)12(19)16(10)21-24-23-22-20/h1-2,4,10,17,20H,3,5-7H2. The minimum atomic E-state index is -0.524. The summed E-state index contributed by atoms with van der Waals surface area (Å²) >= 11 is 0.307. The van der Waals surface area contributed by atoms with E-state index in [0.717, 1.165) is 10.8 Å². The van der Waals surface area contributed by atoms with Crippen LogP contribution in [-0.2, 0) is 24.9 Å². The van der Waals surface area contributed by atoms with Gasteiger partial charge in [-0.3, -0.25) is 4.79 Å². The number of ketones is 1. The van der Waals surface area contributed by atoms with Gasteiger partial charge in [-0.1, -0.05) is 5.04 Å². The molecule has 2 amide bonds. The number of urea groups is 1. The Morgan fingerprint density at radius 3 is 3.08 bits per heavy atom. The molecule has 1 saturated heterocycles. The number of aliphatic hydroxyl groups is 1. The number of carbonyl (C=O) groups excluding carboxylic acids is 2. The van der Waals surface area contributed by atoms with Crippen molar-refractivity contribution in [2.75, 3.05) is 19.7 Å². The molecule has 24 heavy (non-hydrogen) atoms. The minimum Gasteiger partial charge on any atom is -0.389 e. The lowest BCUT2D eigenvalue weighted by molar-refractivity contribution is -0.435. The number of carbonyl (C=O) groups is 2. The first kappa shape index (κ1) is 16.9. The molecule has 0 radical (unpaired) electrons. The van der Waals surface area contributed by atoms with Crippen molar-refractivity contribution < 1.29 is 33.6 Å². The predicted octanol–water partition coefficient (Wildman–Crippen LogP) is -0.136. The number of aromatic nitrogens is 2. The molecule has 2 bridgehead atoms. The lowest BCUT2D eigenvalue weighted by Gasteiger charge is -2.21. The number of hydrogen-bond donors (Lipinski definition) is 2. The van der Waals surface area contributed by atoms with Crippen LogP contribution in [0.15, 0.2) is 18.3 Å². The number of fused-ring (bicyclic) bond motifs is 2. The molecule has 2 aliphatic rings. The molecule has 12 heteroatoms. The van der Waals surface area contributed by atoms with Crippen LogP contribution in [0.25, 0.3) is 5.70 Å². The second-order valence-corrected chi connectivity index (χ2v) is 5.55. The van der Waals surface area contributed by atoms with Gasteiger partial charge in [0.15, 0.2) is 5.78 Å². The van der Waals surface area contributed by atoms with Crippen LogP contribution in [0.4, 0.5) is 4.79 Å². The fraction of sp³-hybridized carbons (Fsp3) is 0.417. The summed E-state index contributed by atoms with van der Waals surface area (Å²) < 4.78 is 10.7. The van der Waals surface area contributed by atoms with Crippen LogP contribution in [0.3, 0.4) is 0 Å². The Balaban J connectivity index is 1.71. The van der Waals surface area contributed by atoms with Crippen molar-refractivity contribution >= 4 is 29.8 Å². The first-order chi connectivity index (χ1) is 11.6. The summed E-state index contributed by atoms with van der Waals surface area (Å²) in [5.41, 5.74) is 1.28. The van der Waals surface area contributed by atoms with Crippen molar-refractivity contribution in [1.82, 2.24) is 19.7 Å². The summed E-state index contributed by atoms with van der Waals surface area (Å²) in [7, 11) is 0. The Kier molecular flexibility index (Phi) is 5.13. The van der Waals surface area contributed by atoms with Gasteiger partial charge >= 0.3 is 6.03 Å². The topological polar surface area (TPSA) is 127 Å². The van der Waals surface area contributed by atoms with Gasteiger partial charge < -0.3 is 10.0 Å². The molecule has 1 atom stereocenters. The van der Waals surface area contributed by atoms with Crippen molar-refractivity contribution in [2.45, 2.75) is 12.5 Å². The smallest absolute Gasteiger partial charge is 0.346 e. The van der Waals surface area contributed by atoms with Gasteiger partial charge in [-0.05, 0) is 12.1 Å². The lowest BCUT2D eigenvalue weighted by atomic mass is 10.2. The molecule has 1 fully saturated rings. The Morgan fingerprint density at radius 1 is 1.50 bits per heavy atom. The summed E-state index contributed by atoms with van der Waals surface area (Å²) in [4.78, 5) is 25.0. The van der Waals surface area contributed by atoms with Crippen molar-refractivity contribution in [3.05, 3.63) is 24.0 Å². The van der Waals surface area contributed by atoms with Crippen LogP contribution >= 0.6 is 12.3 Å². The van der Waals surface area contributed by atoms with Crippen molar-refractivity contribution in [2.24, 2.45) is 0 Å². The van der Waals surface area contributed by atoms with Gasteiger partial charge in [0.2, 0.25) is 12.3 Å². The van der Waals surface area contributed by atoms with E-state index in [1.807, 2.05) is 6.08 Å². The average molecular weight is 358 g/mol. The molecule has 1 unspecified atom stereocenters. The number of nitrogens with zero attached hydrogens (tertiary/aromatic N) is 4. The van der Waals surface area contributed by atoms with Crippen molar-refractivity contribution in [3.8, 4) is 0 Å². The van der Waals surface area contributed by atoms with E-state index in [-0.39, 0.29) is 24.3 Å². The van der Waals surface area contributed by atoms with Gasteiger partial charge in [0.05, 0.1) is 24.4 Å². The van der Waals surface area contributed by atoms with E-state index >= 15 is 0 Å². The van der Waals surface area contributed by atoms with Crippen molar-refractivity contribution in [1.29, 1.82) is 0 Å². The Bertz CT molecular complexity index is 664. The molecule has 3 rings (SSSR count). The number of rotatable bonds is 8. The summed E-state index contributed by atoms with van der Waals surface area (Å²) in [6.45, 7) is 0.246. The van der Waals surface area contributed by atoms with Crippen LogP contribution < -0.4 is 0 Å². The fourth-order valence-corrected chi connectivity index (χ4v) is 2.84. The van der Waals surface area contributed by atoms with E-state index in [0.29, 0.717) is 31.1 Å². The average Bonchev–Trinajstić information content (AvgIpc) is 3.13. The molecule has 3 heterocycles. The van der Waals surface area contributed by atoms with Gasteiger partial charge in [-0.15, -0.1) is 4.33 Å². The van der Waals surface area contributed by atoms with Gasteiger partial charge in [-0.2, -0.15) is 14.4 Å². The third-order valence-electron chi connectivity index (χ3n) is 3.57. The molecule has 0 aliphatic carbocycles. The first-order valence-electron chi connectivity index (χ1n) is 6.90. The number of aliphatic hydroxyl groups excluding tert-OH is 1. The Morgan fingerprint density at radius 2 is 2.33 bits per heavy atom. The SMILES string of the molecule is O=C(CO)Cc1ccn(C2=CC3CN(C2)C(=O)N3OSOOO)n1. The molecule has 0 aromatic carbocycles. The van der Waals surface area contributed by atoms with Crippen LogP contribution in [0.2, 0.25) is 0 Å². The number of hydroxylamine groups is 2. The van der Waals surface area contributed by atoms with Gasteiger partial charge in [0.25, 0.3) is 0 Å². The molecular formula is C12H14N4O7S. The largest absolute Gasteiger partial charge is 0.389 e. The highest BCUT2D eigenvalue weighted by Gasteiger charge is 2.42. The monoisotopic (exact) mass is 358 g/mol. The van der Waals surface area contributed by atoms with Gasteiger partial charge in [0, 0.05) is 12.7 Å². The van der Waals surface area contributed by atoms with Crippen LogP contribution in [0.1, 0.15) is 5.69 Å². The normalized spacial score (nSPS) is 19.8. The molecule has 1 aromatic rings. The third-order valence-corrected chi connectivity index (χ3v) is 3.91. The van der Waals surface area contributed by atoms with Gasteiger partial charge in [-0.25, -0.2) is 14.7 Å². The first-order valence-corrected chi connectivity index (χ1v) is 7.57. The molecule has 11 nitrogen and oxygen atoms in total. The third kappa shape index (κ3) is 3.43. The van der Waals surface area contributed by atoms with Crippen LogP contribution in [-0.4, -0.2) is 67.7 Å². The van der Waals surface area contributed by atoms with Crippen molar-refractivity contribution in [3.63, 3.8) is 0 Å². The van der Waals surface area contributed by atoms with Gasteiger partial charge in [0.1, 0.15) is 12.6 Å². The van der Waals surface area contributed by atoms with E-state index in [2.05, 4.69) is 14.5 Å². The van der Waals surface area contributed by atoms with Crippen LogP contribution in [0.5, 0.6) is 0 Å². The zero-order valence-electron chi connectivity index (χ0n) is 12.3. The maximum atomic E-state index is 12.2. The molecule has 0 spiro atoms. The maximum absolute atomic E-state index is 12.2. The summed E-state index contributed by atoms with van der Waals surface area (Å²) in [5.74, 6) is -0.320. The maximum Gasteiger partial charge on any atom is 0.346 e. The molecule has 130 valence electrons. The van der Waals surface area contributed by atoms with E-state index in [9.17, 15) is 9.59 Å². The molecule has 1 aromatic heterocycles. The Labute approximate surface area is 140 Å². The highest BCUT2D eigenvalue weighted by Crippen LogP contribution is 2.28. The zero-order chi connectivity index (χ0) is 17.1. The van der Waals surface area contributed by atoms with Crippen LogP contribution in [0, 0.1) is 0 Å². The highest BCUT2D eigenvalue weighted by molar-refractivity contribution is 7.89. The van der Waals surface area contributed by atoms with E-state index in [4.69, 9.17) is 14.6 Å². The molecule has 2 N–H and O–H groups in total. The number of Topliss-reactive ketones (excluding diaryl/α,β-unsaturated/α-hetero) is 1. The fourth-order valence-electron chi connectivity index (χ4n) is 2.55. The minimum absolute atomic E-state index is 0.0488. The second-order valence-electron chi connectivity index (χ2n) is 5.12. The number of hydrogen-bond acceptors (Lipinski definition) is 9.